The van der Waals surface area contributed by atoms with Crippen molar-refractivity contribution in [2.75, 3.05) is 26.8 Å². The number of para-hydroxylation sites is 1. The lowest BCUT2D eigenvalue weighted by atomic mass is 10.1. The van der Waals surface area contributed by atoms with Gasteiger partial charge < -0.3 is 14.4 Å². The first-order valence-corrected chi connectivity index (χ1v) is 10.4. The normalized spacial score (nSPS) is 13.6. The van der Waals surface area contributed by atoms with E-state index in [0.717, 1.165) is 43.6 Å². The third-order valence-electron chi connectivity index (χ3n) is 5.33. The SMILES string of the molecule is COc1cccc(-c2nn(-c3ccccc3)cc2C(=O)OCC(=O)N2CCCCC2)c1. The van der Waals surface area contributed by atoms with Gasteiger partial charge in [-0.05, 0) is 43.5 Å². The van der Waals surface area contributed by atoms with Gasteiger partial charge in [0.05, 0.1) is 12.8 Å². The second kappa shape index (κ2) is 9.47. The zero-order chi connectivity index (χ0) is 21.6. The fraction of sp³-hybridized carbons (Fsp3) is 0.292. The average molecular weight is 419 g/mol. The molecule has 1 aliphatic rings. The Hall–Kier alpha value is -3.61. The van der Waals surface area contributed by atoms with E-state index in [1.165, 1.54) is 0 Å². The number of benzene rings is 2. The summed E-state index contributed by atoms with van der Waals surface area (Å²) in [4.78, 5) is 27.1. The topological polar surface area (TPSA) is 73.7 Å². The predicted octanol–water partition coefficient (Wildman–Crippen LogP) is 3.72. The Kier molecular flexibility index (Phi) is 6.31. The van der Waals surface area contributed by atoms with Crippen LogP contribution in [-0.2, 0) is 9.53 Å². The summed E-state index contributed by atoms with van der Waals surface area (Å²) >= 11 is 0. The Morgan fingerprint density at radius 2 is 1.77 bits per heavy atom. The van der Waals surface area contributed by atoms with Gasteiger partial charge in [-0.1, -0.05) is 30.3 Å². The van der Waals surface area contributed by atoms with Crippen LogP contribution in [0.4, 0.5) is 0 Å². The van der Waals surface area contributed by atoms with Gasteiger partial charge in [-0.2, -0.15) is 5.10 Å². The van der Waals surface area contributed by atoms with Crippen LogP contribution in [0.25, 0.3) is 16.9 Å². The summed E-state index contributed by atoms with van der Waals surface area (Å²) < 4.78 is 12.3. The number of rotatable bonds is 6. The molecule has 0 unspecified atom stereocenters. The molecule has 1 saturated heterocycles. The molecule has 2 aromatic carbocycles. The minimum absolute atomic E-state index is 0.161. The maximum Gasteiger partial charge on any atom is 0.342 e. The van der Waals surface area contributed by atoms with Crippen molar-refractivity contribution in [3.05, 3.63) is 66.4 Å². The molecule has 0 aliphatic carbocycles. The van der Waals surface area contributed by atoms with Crippen molar-refractivity contribution >= 4 is 11.9 Å². The van der Waals surface area contributed by atoms with Crippen LogP contribution in [0, 0.1) is 0 Å². The Labute approximate surface area is 181 Å². The van der Waals surface area contributed by atoms with Crippen molar-refractivity contribution in [3.8, 4) is 22.7 Å². The molecular weight excluding hydrogens is 394 g/mol. The molecule has 31 heavy (non-hydrogen) atoms. The van der Waals surface area contributed by atoms with Crippen LogP contribution in [0.15, 0.2) is 60.8 Å². The van der Waals surface area contributed by atoms with Crippen LogP contribution in [0.1, 0.15) is 29.6 Å². The number of amides is 1. The monoisotopic (exact) mass is 419 g/mol. The van der Waals surface area contributed by atoms with Gasteiger partial charge in [0, 0.05) is 24.8 Å². The molecule has 3 aromatic rings. The number of methoxy groups -OCH3 is 1. The summed E-state index contributed by atoms with van der Waals surface area (Å²) in [5, 5.41) is 4.63. The van der Waals surface area contributed by atoms with Crippen LogP contribution in [-0.4, -0.2) is 53.4 Å². The number of ether oxygens (including phenoxy) is 2. The van der Waals surface area contributed by atoms with Gasteiger partial charge in [0.25, 0.3) is 5.91 Å². The largest absolute Gasteiger partial charge is 0.497 e. The number of esters is 1. The van der Waals surface area contributed by atoms with Crippen LogP contribution < -0.4 is 4.74 Å². The number of carbonyl (C=O) groups is 2. The maximum absolute atomic E-state index is 12.9. The van der Waals surface area contributed by atoms with Crippen molar-refractivity contribution in [2.24, 2.45) is 0 Å². The summed E-state index contributed by atoms with van der Waals surface area (Å²) in [7, 11) is 1.59. The van der Waals surface area contributed by atoms with Crippen molar-refractivity contribution in [1.29, 1.82) is 0 Å². The van der Waals surface area contributed by atoms with Gasteiger partial charge in [0.2, 0.25) is 0 Å². The second-order valence-corrected chi connectivity index (χ2v) is 7.42. The number of nitrogens with zero attached hydrogens (tertiary/aromatic N) is 3. The first kappa shape index (κ1) is 20.7. The zero-order valence-electron chi connectivity index (χ0n) is 17.5. The molecular formula is C24H25N3O4. The summed E-state index contributed by atoms with van der Waals surface area (Å²) in [6, 6.07) is 16.8. The number of piperidine rings is 1. The Bertz CT molecular complexity index is 1060. The van der Waals surface area contributed by atoms with Crippen LogP contribution in [0.3, 0.4) is 0 Å². The van der Waals surface area contributed by atoms with E-state index < -0.39 is 5.97 Å². The first-order valence-electron chi connectivity index (χ1n) is 10.4. The highest BCUT2D eigenvalue weighted by Crippen LogP contribution is 2.27. The fourth-order valence-corrected chi connectivity index (χ4v) is 3.66. The third-order valence-corrected chi connectivity index (χ3v) is 5.33. The van der Waals surface area contributed by atoms with Crippen molar-refractivity contribution in [2.45, 2.75) is 19.3 Å². The van der Waals surface area contributed by atoms with Gasteiger partial charge >= 0.3 is 5.97 Å². The standard InChI is InChI=1S/C24H25N3O4/c1-30-20-12-8-9-18(15-20)23-21(16-27(25-23)19-10-4-2-5-11-19)24(29)31-17-22(28)26-13-6-3-7-14-26/h2,4-5,8-12,15-16H,3,6-7,13-14,17H2,1H3. The highest BCUT2D eigenvalue weighted by Gasteiger charge is 2.23. The predicted molar refractivity (Wildman–Crippen MR) is 116 cm³/mol. The molecule has 0 N–H and O–H groups in total. The second-order valence-electron chi connectivity index (χ2n) is 7.42. The van der Waals surface area contributed by atoms with Gasteiger partial charge in [-0.15, -0.1) is 0 Å². The van der Waals surface area contributed by atoms with Crippen molar-refractivity contribution in [1.82, 2.24) is 14.7 Å². The highest BCUT2D eigenvalue weighted by molar-refractivity contribution is 5.97. The molecule has 0 radical (unpaired) electrons. The minimum Gasteiger partial charge on any atom is -0.497 e. The molecule has 160 valence electrons. The number of likely N-dealkylation sites (tertiary alicyclic amines) is 1. The molecule has 1 aromatic heterocycles. The van der Waals surface area contributed by atoms with E-state index in [1.54, 1.807) is 22.9 Å². The number of hydrogen-bond acceptors (Lipinski definition) is 5. The maximum atomic E-state index is 12.9. The van der Waals surface area contributed by atoms with Gasteiger partial charge in [-0.25, -0.2) is 9.48 Å². The molecule has 0 bridgehead atoms. The van der Waals surface area contributed by atoms with Gasteiger partial charge in [0.1, 0.15) is 17.0 Å². The van der Waals surface area contributed by atoms with E-state index in [-0.39, 0.29) is 12.5 Å². The summed E-state index contributed by atoms with van der Waals surface area (Å²) in [6.45, 7) is 1.17. The van der Waals surface area contributed by atoms with Crippen molar-refractivity contribution < 1.29 is 19.1 Å². The fourth-order valence-electron chi connectivity index (χ4n) is 3.66. The Morgan fingerprint density at radius 3 is 2.52 bits per heavy atom. The van der Waals surface area contributed by atoms with E-state index in [9.17, 15) is 9.59 Å². The molecule has 0 spiro atoms. The third kappa shape index (κ3) is 4.77. The number of hydrogen-bond donors (Lipinski definition) is 0. The molecule has 0 atom stereocenters. The summed E-state index contributed by atoms with van der Waals surface area (Å²) in [5.74, 6) is -0.0804. The van der Waals surface area contributed by atoms with Crippen LogP contribution in [0.5, 0.6) is 5.75 Å². The number of aromatic nitrogens is 2. The Morgan fingerprint density at radius 1 is 1.00 bits per heavy atom. The smallest absolute Gasteiger partial charge is 0.342 e. The first-order chi connectivity index (χ1) is 15.2. The number of carbonyl (C=O) groups excluding carboxylic acids is 2. The van der Waals surface area contributed by atoms with E-state index in [0.29, 0.717) is 17.0 Å². The van der Waals surface area contributed by atoms with E-state index in [2.05, 4.69) is 5.10 Å². The van der Waals surface area contributed by atoms with E-state index in [4.69, 9.17) is 9.47 Å². The lowest BCUT2D eigenvalue weighted by Gasteiger charge is -2.26. The highest BCUT2D eigenvalue weighted by atomic mass is 16.5. The lowest BCUT2D eigenvalue weighted by molar-refractivity contribution is -0.135. The van der Waals surface area contributed by atoms with E-state index >= 15 is 0 Å². The lowest BCUT2D eigenvalue weighted by Crippen LogP contribution is -2.38. The van der Waals surface area contributed by atoms with Gasteiger partial charge in [-0.3, -0.25) is 4.79 Å². The minimum atomic E-state index is -0.578. The molecule has 0 saturated carbocycles. The summed E-state index contributed by atoms with van der Waals surface area (Å²) in [5.41, 5.74) is 2.31. The average Bonchev–Trinajstić information content (AvgIpc) is 3.29. The van der Waals surface area contributed by atoms with E-state index in [1.807, 2.05) is 54.6 Å². The summed E-state index contributed by atoms with van der Waals surface area (Å²) in [6.07, 6.45) is 4.75. The van der Waals surface area contributed by atoms with Gasteiger partial charge in [0.15, 0.2) is 6.61 Å². The molecule has 1 fully saturated rings. The Balaban J connectivity index is 1.60. The van der Waals surface area contributed by atoms with Crippen LogP contribution in [0.2, 0.25) is 0 Å². The van der Waals surface area contributed by atoms with Crippen molar-refractivity contribution in [3.63, 3.8) is 0 Å². The quantitative estimate of drug-likeness (QED) is 0.570. The molecule has 7 nitrogen and oxygen atoms in total. The molecule has 1 amide bonds. The molecule has 7 heteroatoms. The molecule has 1 aliphatic heterocycles. The van der Waals surface area contributed by atoms with Crippen LogP contribution >= 0.6 is 0 Å². The molecule has 2 heterocycles. The zero-order valence-corrected chi connectivity index (χ0v) is 17.5. The molecule has 4 rings (SSSR count).